The van der Waals surface area contributed by atoms with Crippen molar-refractivity contribution in [3.05, 3.63) is 130 Å². The SMILES string of the molecule is c1ccc2c(c1)Cc1cc3c(cc1-2)Cc1cc2c(c4c1N3c1cccnc1C4)-c1ccccc1C2. The molecule has 0 amide bonds. The van der Waals surface area contributed by atoms with E-state index in [0.717, 1.165) is 25.7 Å². The molecule has 4 aliphatic rings. The molecule has 1 aromatic heterocycles. The maximum Gasteiger partial charge on any atom is 0.0688 e. The van der Waals surface area contributed by atoms with E-state index in [4.69, 9.17) is 4.98 Å². The van der Waals surface area contributed by atoms with E-state index in [1.165, 1.54) is 84.0 Å². The van der Waals surface area contributed by atoms with Crippen LogP contribution in [0.2, 0.25) is 0 Å². The number of hydrogen-bond donors (Lipinski definition) is 0. The fraction of sp³-hybridized carbons (Fsp3) is 0.121. The van der Waals surface area contributed by atoms with Crippen molar-refractivity contribution in [3.63, 3.8) is 0 Å². The van der Waals surface area contributed by atoms with Gasteiger partial charge in [0.15, 0.2) is 0 Å². The summed E-state index contributed by atoms with van der Waals surface area (Å²) in [5, 5.41) is 0. The Hall–Kier alpha value is -4.17. The molecule has 4 aromatic carbocycles. The summed E-state index contributed by atoms with van der Waals surface area (Å²) in [6.07, 6.45) is 5.89. The lowest BCUT2D eigenvalue weighted by molar-refractivity contribution is 0.968. The van der Waals surface area contributed by atoms with Crippen molar-refractivity contribution in [1.82, 2.24) is 4.98 Å². The Morgan fingerprint density at radius 3 is 2.23 bits per heavy atom. The average molecular weight is 447 g/mol. The molecule has 0 unspecified atom stereocenters. The summed E-state index contributed by atoms with van der Waals surface area (Å²) >= 11 is 0. The monoisotopic (exact) mass is 446 g/mol. The van der Waals surface area contributed by atoms with Crippen LogP contribution in [0.15, 0.2) is 85.1 Å². The molecule has 0 spiro atoms. The van der Waals surface area contributed by atoms with Crippen LogP contribution in [0.3, 0.4) is 0 Å². The second kappa shape index (κ2) is 6.28. The van der Waals surface area contributed by atoms with Crippen molar-refractivity contribution in [2.75, 3.05) is 4.90 Å². The number of aromatic nitrogens is 1. The van der Waals surface area contributed by atoms with E-state index in [0.29, 0.717) is 0 Å². The number of anilines is 3. The van der Waals surface area contributed by atoms with Gasteiger partial charge in [0.1, 0.15) is 0 Å². The minimum atomic E-state index is 0.901. The first-order valence-electron chi connectivity index (χ1n) is 12.6. The third-order valence-corrected chi connectivity index (χ3v) is 8.52. The van der Waals surface area contributed by atoms with Gasteiger partial charge in [-0.3, -0.25) is 4.98 Å². The number of benzene rings is 4. The van der Waals surface area contributed by atoms with Gasteiger partial charge >= 0.3 is 0 Å². The predicted octanol–water partition coefficient (Wildman–Crippen LogP) is 7.50. The van der Waals surface area contributed by atoms with Gasteiger partial charge in [0.25, 0.3) is 0 Å². The molecule has 9 rings (SSSR count). The van der Waals surface area contributed by atoms with Gasteiger partial charge in [0.05, 0.1) is 22.8 Å². The minimum absolute atomic E-state index is 0.901. The van der Waals surface area contributed by atoms with E-state index < -0.39 is 0 Å². The van der Waals surface area contributed by atoms with Gasteiger partial charge in [-0.25, -0.2) is 0 Å². The van der Waals surface area contributed by atoms with E-state index in [2.05, 4.69) is 83.8 Å². The largest absolute Gasteiger partial charge is 0.308 e. The highest BCUT2D eigenvalue weighted by molar-refractivity contribution is 5.96. The van der Waals surface area contributed by atoms with Crippen LogP contribution in [-0.2, 0) is 25.7 Å². The lowest BCUT2D eigenvalue weighted by Gasteiger charge is -2.40. The van der Waals surface area contributed by atoms with Gasteiger partial charge in [-0.1, -0.05) is 54.6 Å². The van der Waals surface area contributed by atoms with Crippen molar-refractivity contribution in [1.29, 1.82) is 0 Å². The zero-order valence-electron chi connectivity index (χ0n) is 19.3. The fourth-order valence-electron chi connectivity index (χ4n) is 7.12. The molecule has 35 heavy (non-hydrogen) atoms. The lowest BCUT2D eigenvalue weighted by atomic mass is 9.82. The molecule has 0 atom stereocenters. The van der Waals surface area contributed by atoms with Crippen molar-refractivity contribution < 1.29 is 0 Å². The topological polar surface area (TPSA) is 16.1 Å². The molecule has 0 saturated heterocycles. The Labute approximate surface area is 204 Å². The predicted molar refractivity (Wildman–Crippen MR) is 141 cm³/mol. The van der Waals surface area contributed by atoms with Crippen LogP contribution in [0.25, 0.3) is 22.3 Å². The van der Waals surface area contributed by atoms with Crippen LogP contribution >= 0.6 is 0 Å². The Morgan fingerprint density at radius 2 is 1.31 bits per heavy atom. The van der Waals surface area contributed by atoms with Crippen molar-refractivity contribution in [2.45, 2.75) is 25.7 Å². The van der Waals surface area contributed by atoms with Crippen molar-refractivity contribution >= 4 is 17.1 Å². The van der Waals surface area contributed by atoms with Crippen LogP contribution in [0.1, 0.15) is 44.6 Å². The Bertz CT molecular complexity index is 1760. The number of fused-ring (bicyclic) bond motifs is 11. The number of nitrogens with zero attached hydrogens (tertiary/aromatic N) is 2. The third kappa shape index (κ3) is 2.27. The molecule has 0 fully saturated rings. The van der Waals surface area contributed by atoms with Crippen LogP contribution in [0.4, 0.5) is 17.1 Å². The maximum atomic E-state index is 4.89. The van der Waals surface area contributed by atoms with Gasteiger partial charge in [-0.15, -0.1) is 0 Å². The van der Waals surface area contributed by atoms with Gasteiger partial charge in [-0.2, -0.15) is 0 Å². The highest BCUT2D eigenvalue weighted by atomic mass is 15.2. The summed E-state index contributed by atoms with van der Waals surface area (Å²) < 4.78 is 0. The number of hydrogen-bond acceptors (Lipinski definition) is 2. The van der Waals surface area contributed by atoms with Crippen LogP contribution in [0, 0.1) is 0 Å². The van der Waals surface area contributed by atoms with Crippen LogP contribution < -0.4 is 4.90 Å². The maximum absolute atomic E-state index is 4.89. The second-order valence-electron chi connectivity index (χ2n) is 10.4. The standard InChI is InChI=1S/C33H22N2/c1-3-8-25-19(6-1)12-21-17-31-22(16-27(21)25)14-24-15-23-13-20-7-2-4-9-26(20)32(23)28-18-29-30(10-5-11-34-29)35(31)33(24)28/h1-11,15-17H,12-14,18H2. The van der Waals surface area contributed by atoms with E-state index >= 15 is 0 Å². The van der Waals surface area contributed by atoms with E-state index in [9.17, 15) is 0 Å². The molecule has 5 aromatic rings. The summed E-state index contributed by atoms with van der Waals surface area (Å²) in [5.41, 5.74) is 21.0. The number of pyridine rings is 1. The average Bonchev–Trinajstić information content (AvgIpc) is 3.45. The molecular weight excluding hydrogens is 424 g/mol. The normalized spacial score (nSPS) is 14.9. The number of rotatable bonds is 0. The first kappa shape index (κ1) is 18.2. The Balaban J connectivity index is 1.34. The van der Waals surface area contributed by atoms with E-state index in [-0.39, 0.29) is 0 Å². The van der Waals surface area contributed by atoms with Gasteiger partial charge < -0.3 is 4.90 Å². The quantitative estimate of drug-likeness (QED) is 0.240. The van der Waals surface area contributed by atoms with Crippen LogP contribution in [0.5, 0.6) is 0 Å². The summed E-state index contributed by atoms with van der Waals surface area (Å²) in [4.78, 5) is 7.43. The van der Waals surface area contributed by atoms with Crippen LogP contribution in [-0.4, -0.2) is 4.98 Å². The molecule has 0 N–H and O–H groups in total. The van der Waals surface area contributed by atoms with Gasteiger partial charge in [0.2, 0.25) is 0 Å². The second-order valence-corrected chi connectivity index (χ2v) is 10.4. The summed E-state index contributed by atoms with van der Waals surface area (Å²) in [7, 11) is 0. The smallest absolute Gasteiger partial charge is 0.0688 e. The molecule has 0 bridgehead atoms. The zero-order valence-corrected chi connectivity index (χ0v) is 19.3. The molecule has 2 nitrogen and oxygen atoms in total. The first-order valence-corrected chi connectivity index (χ1v) is 12.6. The molecular formula is C33H22N2. The highest BCUT2D eigenvalue weighted by Crippen LogP contribution is 2.56. The highest BCUT2D eigenvalue weighted by Gasteiger charge is 2.37. The molecule has 164 valence electrons. The van der Waals surface area contributed by atoms with Gasteiger partial charge in [0, 0.05) is 19.0 Å². The molecule has 3 heterocycles. The summed E-state index contributed by atoms with van der Waals surface area (Å²) in [6, 6.07) is 29.7. The first-order chi connectivity index (χ1) is 17.3. The summed E-state index contributed by atoms with van der Waals surface area (Å²) in [5.74, 6) is 0. The minimum Gasteiger partial charge on any atom is -0.308 e. The Kier molecular flexibility index (Phi) is 3.27. The zero-order chi connectivity index (χ0) is 22.7. The molecule has 2 heteroatoms. The molecule has 2 aliphatic heterocycles. The summed E-state index contributed by atoms with van der Waals surface area (Å²) in [6.45, 7) is 0. The molecule has 0 saturated carbocycles. The van der Waals surface area contributed by atoms with E-state index in [1.807, 2.05) is 6.20 Å². The lowest BCUT2D eigenvalue weighted by Crippen LogP contribution is -2.26. The van der Waals surface area contributed by atoms with Crippen molar-refractivity contribution in [3.8, 4) is 22.3 Å². The third-order valence-electron chi connectivity index (χ3n) is 8.52. The van der Waals surface area contributed by atoms with E-state index in [1.54, 1.807) is 0 Å². The Morgan fingerprint density at radius 1 is 0.543 bits per heavy atom. The molecule has 0 radical (unpaired) electrons. The molecule has 2 aliphatic carbocycles. The van der Waals surface area contributed by atoms with Gasteiger partial charge in [-0.05, 0) is 98.3 Å². The van der Waals surface area contributed by atoms with Crippen molar-refractivity contribution in [2.24, 2.45) is 0 Å². The fourth-order valence-corrected chi connectivity index (χ4v) is 7.12.